The molecule has 0 aliphatic heterocycles. The van der Waals surface area contributed by atoms with E-state index in [0.717, 1.165) is 60.6 Å². The molecule has 0 saturated heterocycles. The van der Waals surface area contributed by atoms with Gasteiger partial charge in [-0.2, -0.15) is 12.6 Å². The second kappa shape index (κ2) is 16.1. The van der Waals surface area contributed by atoms with Crippen LogP contribution in [0.5, 0.6) is 0 Å². The third-order valence-corrected chi connectivity index (χ3v) is 4.82. The number of aryl methyl sites for hydroxylation is 1. The lowest BCUT2D eigenvalue weighted by molar-refractivity contribution is -0.121. The van der Waals surface area contributed by atoms with E-state index in [9.17, 15) is 4.79 Å². The van der Waals surface area contributed by atoms with E-state index >= 15 is 0 Å². The van der Waals surface area contributed by atoms with Gasteiger partial charge in [-0.05, 0) is 50.0 Å². The minimum absolute atomic E-state index is 0.137. The Labute approximate surface area is 199 Å². The topological polar surface area (TPSA) is 59.8 Å². The number of unbranched alkanes of at least 4 members (excludes halogenated alkanes) is 1. The standard InChI is InChI=1S/C17H24N4O.C9H14S/c1-14(2)12-18-17(22)11-7-6-10-16-20-19-13-21(16)15-8-4-3-5-9-15;1-4-8(2)7-9(3)5-6-10/h3-5,8-9,13-14H,6-7,10-12H2,1-2H3,(H,18,22);4,7,10H,1,3,5-6H2,2H3/b;8-7-. The van der Waals surface area contributed by atoms with Gasteiger partial charge in [-0.15, -0.1) is 10.2 Å². The highest BCUT2D eigenvalue weighted by atomic mass is 32.1. The molecule has 32 heavy (non-hydrogen) atoms. The van der Waals surface area contributed by atoms with E-state index in [4.69, 9.17) is 0 Å². The number of rotatable bonds is 12. The summed E-state index contributed by atoms with van der Waals surface area (Å²) in [4.78, 5) is 11.7. The zero-order valence-electron chi connectivity index (χ0n) is 19.8. The Morgan fingerprint density at radius 2 is 1.94 bits per heavy atom. The molecule has 0 fully saturated rings. The molecule has 0 radical (unpaired) electrons. The van der Waals surface area contributed by atoms with Gasteiger partial charge in [0.25, 0.3) is 0 Å². The first-order valence-corrected chi connectivity index (χ1v) is 11.8. The van der Waals surface area contributed by atoms with E-state index in [1.54, 1.807) is 6.33 Å². The van der Waals surface area contributed by atoms with Crippen LogP contribution in [0.15, 0.2) is 73.1 Å². The number of nitrogens with one attached hydrogen (secondary N) is 1. The summed E-state index contributed by atoms with van der Waals surface area (Å²) in [5, 5.41) is 11.1. The summed E-state index contributed by atoms with van der Waals surface area (Å²) in [6.45, 7) is 14.5. The maximum Gasteiger partial charge on any atom is 0.220 e. The van der Waals surface area contributed by atoms with Gasteiger partial charge in [0.05, 0.1) is 0 Å². The third kappa shape index (κ3) is 11.7. The van der Waals surface area contributed by atoms with Crippen molar-refractivity contribution in [3.8, 4) is 5.69 Å². The van der Waals surface area contributed by atoms with Gasteiger partial charge >= 0.3 is 0 Å². The van der Waals surface area contributed by atoms with Crippen molar-refractivity contribution in [2.75, 3.05) is 12.3 Å². The summed E-state index contributed by atoms with van der Waals surface area (Å²) in [5.41, 5.74) is 3.34. The molecule has 0 spiro atoms. The van der Waals surface area contributed by atoms with Gasteiger partial charge in [0.2, 0.25) is 5.91 Å². The lowest BCUT2D eigenvalue weighted by Crippen LogP contribution is -2.26. The van der Waals surface area contributed by atoms with E-state index in [0.29, 0.717) is 12.3 Å². The molecule has 2 aromatic rings. The molecule has 1 N–H and O–H groups in total. The fourth-order valence-corrected chi connectivity index (χ4v) is 3.09. The SMILES string of the molecule is C=C/C(C)=C\C(=C)CCS.CC(C)CNC(=O)CCCCc1nncn1-c1ccccc1. The Bertz CT molecular complexity index is 856. The summed E-state index contributed by atoms with van der Waals surface area (Å²) in [6.07, 6.45) is 9.74. The lowest BCUT2D eigenvalue weighted by Gasteiger charge is -2.08. The number of carbonyl (C=O) groups excluding carboxylic acids is 1. The van der Waals surface area contributed by atoms with Gasteiger partial charge < -0.3 is 5.32 Å². The van der Waals surface area contributed by atoms with Crippen molar-refractivity contribution in [1.82, 2.24) is 20.1 Å². The number of hydrogen-bond donors (Lipinski definition) is 2. The van der Waals surface area contributed by atoms with Crippen molar-refractivity contribution in [3.63, 3.8) is 0 Å². The maximum absolute atomic E-state index is 11.7. The van der Waals surface area contributed by atoms with Crippen LogP contribution in [0, 0.1) is 5.92 Å². The average molecular weight is 455 g/mol. The quantitative estimate of drug-likeness (QED) is 0.244. The minimum atomic E-state index is 0.137. The Morgan fingerprint density at radius 3 is 2.56 bits per heavy atom. The van der Waals surface area contributed by atoms with Gasteiger partial charge in [-0.3, -0.25) is 9.36 Å². The van der Waals surface area contributed by atoms with Crippen molar-refractivity contribution in [3.05, 3.63) is 78.9 Å². The molecule has 1 amide bonds. The van der Waals surface area contributed by atoms with Crippen LogP contribution in [0.4, 0.5) is 0 Å². The van der Waals surface area contributed by atoms with E-state index in [-0.39, 0.29) is 5.91 Å². The smallest absolute Gasteiger partial charge is 0.220 e. The lowest BCUT2D eigenvalue weighted by atomic mass is 10.1. The second-order valence-corrected chi connectivity index (χ2v) is 8.53. The van der Waals surface area contributed by atoms with Crippen molar-refractivity contribution < 1.29 is 4.79 Å². The Morgan fingerprint density at radius 1 is 1.22 bits per heavy atom. The highest BCUT2D eigenvalue weighted by Crippen LogP contribution is 2.11. The van der Waals surface area contributed by atoms with Gasteiger partial charge in [-0.25, -0.2) is 0 Å². The van der Waals surface area contributed by atoms with Crippen LogP contribution in [0.3, 0.4) is 0 Å². The summed E-state index contributed by atoms with van der Waals surface area (Å²) >= 11 is 4.10. The molecular weight excluding hydrogens is 416 g/mol. The molecule has 174 valence electrons. The van der Waals surface area contributed by atoms with Crippen LogP contribution in [0.25, 0.3) is 5.69 Å². The highest BCUT2D eigenvalue weighted by molar-refractivity contribution is 7.80. The zero-order chi connectivity index (χ0) is 23.8. The Kier molecular flexibility index (Phi) is 13.8. The number of benzene rings is 1. The van der Waals surface area contributed by atoms with Crippen LogP contribution < -0.4 is 5.32 Å². The molecular formula is C26H38N4OS. The van der Waals surface area contributed by atoms with Crippen LogP contribution in [-0.4, -0.2) is 33.0 Å². The minimum Gasteiger partial charge on any atom is -0.356 e. The number of thiol groups is 1. The molecule has 2 rings (SSSR count). The Balaban J connectivity index is 0.000000433. The van der Waals surface area contributed by atoms with E-state index < -0.39 is 0 Å². The molecule has 0 aliphatic rings. The summed E-state index contributed by atoms with van der Waals surface area (Å²) < 4.78 is 2.00. The second-order valence-electron chi connectivity index (χ2n) is 8.08. The summed E-state index contributed by atoms with van der Waals surface area (Å²) in [5.74, 6) is 2.43. The van der Waals surface area contributed by atoms with E-state index in [2.05, 4.69) is 55.1 Å². The van der Waals surface area contributed by atoms with Crippen molar-refractivity contribution in [2.45, 2.75) is 52.9 Å². The monoisotopic (exact) mass is 454 g/mol. The van der Waals surface area contributed by atoms with Crippen LogP contribution in [0.1, 0.15) is 52.3 Å². The fraction of sp³-hybridized carbons (Fsp3) is 0.423. The molecule has 0 aliphatic carbocycles. The number of allylic oxidation sites excluding steroid dienone is 4. The first kappa shape index (κ1) is 27.4. The molecule has 0 saturated carbocycles. The maximum atomic E-state index is 11.7. The van der Waals surface area contributed by atoms with Crippen molar-refractivity contribution in [2.24, 2.45) is 5.92 Å². The number of para-hydroxylation sites is 1. The molecule has 1 heterocycles. The third-order valence-electron chi connectivity index (χ3n) is 4.60. The number of carbonyl (C=O) groups is 1. The summed E-state index contributed by atoms with van der Waals surface area (Å²) in [7, 11) is 0. The number of amides is 1. The predicted octanol–water partition coefficient (Wildman–Crippen LogP) is 5.75. The molecule has 0 unspecified atom stereocenters. The average Bonchev–Trinajstić information content (AvgIpc) is 3.25. The molecule has 5 nitrogen and oxygen atoms in total. The first-order chi connectivity index (χ1) is 15.4. The van der Waals surface area contributed by atoms with E-state index in [1.165, 1.54) is 0 Å². The Hall–Kier alpha value is -2.60. The molecule has 1 aromatic carbocycles. The normalized spacial score (nSPS) is 11.0. The van der Waals surface area contributed by atoms with Gasteiger partial charge in [0.1, 0.15) is 12.2 Å². The van der Waals surface area contributed by atoms with Gasteiger partial charge in [0.15, 0.2) is 0 Å². The molecule has 0 bridgehead atoms. The fourth-order valence-electron chi connectivity index (χ4n) is 2.81. The molecule has 0 atom stereocenters. The van der Waals surface area contributed by atoms with Crippen molar-refractivity contribution >= 4 is 18.5 Å². The number of aromatic nitrogens is 3. The predicted molar refractivity (Wildman–Crippen MR) is 138 cm³/mol. The first-order valence-electron chi connectivity index (χ1n) is 11.2. The van der Waals surface area contributed by atoms with Crippen LogP contribution in [0.2, 0.25) is 0 Å². The highest BCUT2D eigenvalue weighted by Gasteiger charge is 2.07. The zero-order valence-corrected chi connectivity index (χ0v) is 20.7. The van der Waals surface area contributed by atoms with Crippen molar-refractivity contribution in [1.29, 1.82) is 0 Å². The molecule has 6 heteroatoms. The van der Waals surface area contributed by atoms with E-state index in [1.807, 2.05) is 54.0 Å². The van der Waals surface area contributed by atoms with Gasteiger partial charge in [-0.1, -0.05) is 68.5 Å². The largest absolute Gasteiger partial charge is 0.356 e. The summed E-state index contributed by atoms with van der Waals surface area (Å²) in [6, 6.07) is 10.1. The number of hydrogen-bond acceptors (Lipinski definition) is 4. The number of nitrogens with zero attached hydrogens (tertiary/aromatic N) is 3. The molecule has 1 aromatic heterocycles. The van der Waals surface area contributed by atoms with Gasteiger partial charge in [0, 0.05) is 25.1 Å². The van der Waals surface area contributed by atoms with Crippen LogP contribution >= 0.6 is 12.6 Å². The van der Waals surface area contributed by atoms with Crippen LogP contribution in [-0.2, 0) is 11.2 Å².